The fourth-order valence-electron chi connectivity index (χ4n) is 4.69. The lowest BCUT2D eigenvalue weighted by molar-refractivity contribution is 0.0990. The van der Waals surface area contributed by atoms with Crippen LogP contribution in [-0.4, -0.2) is 11.6 Å². The fourth-order valence-corrected chi connectivity index (χ4v) is 4.69. The number of carbonyl (C=O) groups is 2. The largest absolute Gasteiger partial charge is 0.453 e. The van der Waals surface area contributed by atoms with Crippen LogP contribution in [0.3, 0.4) is 0 Å². The number of fused-ring (bicyclic) bond motifs is 4. The van der Waals surface area contributed by atoms with Crippen LogP contribution >= 0.6 is 0 Å². The zero-order chi connectivity index (χ0) is 22.8. The molecule has 7 rings (SSSR count). The van der Waals surface area contributed by atoms with Gasteiger partial charge in [0.1, 0.15) is 11.5 Å². The number of hydrogen-bond donors (Lipinski definition) is 0. The van der Waals surface area contributed by atoms with Gasteiger partial charge in [-0.25, -0.2) is 0 Å². The first kappa shape index (κ1) is 18.8. The van der Waals surface area contributed by atoms with Gasteiger partial charge in [0, 0.05) is 28.8 Å². The normalized spacial score (nSPS) is 13.4. The van der Waals surface area contributed by atoms with Crippen molar-refractivity contribution in [3.05, 3.63) is 113 Å². The Morgan fingerprint density at radius 3 is 1.79 bits per heavy atom. The molecule has 0 fully saturated rings. The van der Waals surface area contributed by atoms with Crippen molar-refractivity contribution in [1.82, 2.24) is 0 Å². The lowest BCUT2D eigenvalue weighted by atomic mass is 10.0. The maximum Gasteiger partial charge on any atom is 0.197 e. The number of hydrogen-bond acceptors (Lipinski definition) is 4. The molecule has 0 saturated carbocycles. The van der Waals surface area contributed by atoms with E-state index in [0.29, 0.717) is 33.8 Å². The average molecular weight is 440 g/mol. The molecule has 34 heavy (non-hydrogen) atoms. The van der Waals surface area contributed by atoms with Crippen LogP contribution in [0.5, 0.6) is 0 Å². The van der Waals surface area contributed by atoms with Crippen molar-refractivity contribution in [2.75, 3.05) is 0 Å². The van der Waals surface area contributed by atoms with Crippen LogP contribution in [0.4, 0.5) is 0 Å². The van der Waals surface area contributed by atoms with Gasteiger partial charge in [-0.3, -0.25) is 9.59 Å². The highest BCUT2D eigenvalue weighted by molar-refractivity contribution is 6.42. The summed E-state index contributed by atoms with van der Waals surface area (Å²) in [6.07, 6.45) is 1.51. The van der Waals surface area contributed by atoms with E-state index in [1.807, 2.05) is 48.5 Å². The summed E-state index contributed by atoms with van der Waals surface area (Å²) in [5, 5.41) is 4.15. The molecule has 0 N–H and O–H groups in total. The molecule has 0 radical (unpaired) electrons. The zero-order valence-corrected chi connectivity index (χ0v) is 17.9. The maximum absolute atomic E-state index is 13.0. The average Bonchev–Trinajstić information content (AvgIpc) is 3.50. The molecule has 0 spiro atoms. The molecular weight excluding hydrogens is 424 g/mol. The Bertz CT molecular complexity index is 1760. The summed E-state index contributed by atoms with van der Waals surface area (Å²) in [5.41, 5.74) is 3.06. The second-order valence-corrected chi connectivity index (χ2v) is 8.51. The molecule has 0 saturated heterocycles. The third kappa shape index (κ3) is 2.79. The first-order chi connectivity index (χ1) is 16.6. The second-order valence-electron chi connectivity index (χ2n) is 8.51. The maximum atomic E-state index is 13.0. The second kappa shape index (κ2) is 6.90. The highest BCUT2D eigenvalue weighted by atomic mass is 16.4. The van der Waals surface area contributed by atoms with Crippen molar-refractivity contribution in [1.29, 1.82) is 0 Å². The molecule has 160 valence electrons. The van der Waals surface area contributed by atoms with Crippen molar-refractivity contribution in [3.8, 4) is 11.3 Å². The van der Waals surface area contributed by atoms with Gasteiger partial charge in [0.25, 0.3) is 0 Å². The highest BCUT2D eigenvalue weighted by Crippen LogP contribution is 2.35. The number of allylic oxidation sites excluding steroid dienone is 1. The predicted octanol–water partition coefficient (Wildman–Crippen LogP) is 7.46. The minimum atomic E-state index is -0.282. The third-order valence-corrected chi connectivity index (χ3v) is 6.41. The van der Waals surface area contributed by atoms with Crippen LogP contribution in [0.1, 0.15) is 26.5 Å². The third-order valence-electron chi connectivity index (χ3n) is 6.41. The summed E-state index contributed by atoms with van der Waals surface area (Å²) in [5.74, 6) is 0.546. The zero-order valence-electron chi connectivity index (χ0n) is 17.9. The first-order valence-corrected chi connectivity index (χ1v) is 11.0. The summed E-state index contributed by atoms with van der Waals surface area (Å²) in [7, 11) is 0. The number of carbonyl (C=O) groups excluding carboxylic acids is 2. The summed E-state index contributed by atoms with van der Waals surface area (Å²) < 4.78 is 11.9. The van der Waals surface area contributed by atoms with Crippen LogP contribution < -0.4 is 0 Å². The van der Waals surface area contributed by atoms with E-state index in [0.717, 1.165) is 27.1 Å². The van der Waals surface area contributed by atoms with Gasteiger partial charge in [0.2, 0.25) is 0 Å². The summed E-state index contributed by atoms with van der Waals surface area (Å²) >= 11 is 0. The van der Waals surface area contributed by atoms with Crippen molar-refractivity contribution in [2.24, 2.45) is 0 Å². The van der Waals surface area contributed by atoms with E-state index < -0.39 is 0 Å². The molecule has 4 nitrogen and oxygen atoms in total. The molecule has 0 aliphatic heterocycles. The van der Waals surface area contributed by atoms with Gasteiger partial charge in [-0.2, -0.15) is 0 Å². The Balaban J connectivity index is 1.25. The minimum absolute atomic E-state index is 0.108. The van der Waals surface area contributed by atoms with Gasteiger partial charge in [-0.15, -0.1) is 0 Å². The smallest absolute Gasteiger partial charge is 0.197 e. The number of furan rings is 2. The Morgan fingerprint density at radius 1 is 0.559 bits per heavy atom. The Kier molecular flexibility index (Phi) is 3.82. The van der Waals surface area contributed by atoms with Gasteiger partial charge < -0.3 is 8.83 Å². The van der Waals surface area contributed by atoms with E-state index in [2.05, 4.69) is 24.3 Å². The Hall–Kier alpha value is -4.70. The summed E-state index contributed by atoms with van der Waals surface area (Å²) in [6, 6.07) is 29.1. The summed E-state index contributed by atoms with van der Waals surface area (Å²) in [4.78, 5) is 26.0. The van der Waals surface area contributed by atoms with Gasteiger partial charge >= 0.3 is 0 Å². The first-order valence-electron chi connectivity index (χ1n) is 11.0. The standard InChI is InChI=1S/C30H16O4/c31-29-23-12-19-7-3-4-8-20(19)13-24(23)30(32)25(29)14-22-15-27-28(33-22)16-26(34-27)21-10-9-17-5-1-2-6-18(17)11-21/h1-16H. The van der Waals surface area contributed by atoms with E-state index >= 15 is 0 Å². The Morgan fingerprint density at radius 2 is 1.15 bits per heavy atom. The predicted molar refractivity (Wildman–Crippen MR) is 132 cm³/mol. The lowest BCUT2D eigenvalue weighted by Crippen LogP contribution is -1.99. The van der Waals surface area contributed by atoms with Gasteiger partial charge in [-0.1, -0.05) is 60.7 Å². The summed E-state index contributed by atoms with van der Waals surface area (Å²) in [6.45, 7) is 0. The van der Waals surface area contributed by atoms with Crippen molar-refractivity contribution in [3.63, 3.8) is 0 Å². The number of rotatable bonds is 2. The van der Waals surface area contributed by atoms with Crippen LogP contribution in [-0.2, 0) is 0 Å². The molecule has 6 aromatic rings. The minimum Gasteiger partial charge on any atom is -0.453 e. The molecule has 0 amide bonds. The van der Waals surface area contributed by atoms with Crippen LogP contribution in [0.2, 0.25) is 0 Å². The highest BCUT2D eigenvalue weighted by Gasteiger charge is 2.33. The number of benzene rings is 4. The fraction of sp³-hybridized carbons (Fsp3) is 0. The molecule has 4 aromatic carbocycles. The quantitative estimate of drug-likeness (QED) is 0.207. The molecule has 1 aliphatic rings. The van der Waals surface area contributed by atoms with E-state index in [-0.39, 0.29) is 17.1 Å². The lowest BCUT2D eigenvalue weighted by Gasteiger charge is -2.00. The van der Waals surface area contributed by atoms with Crippen molar-refractivity contribution in [2.45, 2.75) is 0 Å². The molecule has 2 aromatic heterocycles. The molecule has 0 atom stereocenters. The van der Waals surface area contributed by atoms with Gasteiger partial charge in [-0.05, 0) is 45.8 Å². The van der Waals surface area contributed by atoms with Crippen molar-refractivity contribution >= 4 is 50.4 Å². The number of ketones is 2. The van der Waals surface area contributed by atoms with E-state index in [1.165, 1.54) is 6.08 Å². The number of Topliss-reactive ketones (excluding diaryl/α,β-unsaturated/α-hetero) is 2. The monoisotopic (exact) mass is 440 g/mol. The van der Waals surface area contributed by atoms with Crippen molar-refractivity contribution < 1.29 is 18.4 Å². The van der Waals surface area contributed by atoms with Crippen LogP contribution in [0.15, 0.2) is 105 Å². The molecule has 2 heterocycles. The molecule has 0 unspecified atom stereocenters. The van der Waals surface area contributed by atoms with E-state index in [9.17, 15) is 9.59 Å². The van der Waals surface area contributed by atoms with Crippen LogP contribution in [0, 0.1) is 0 Å². The molecule has 4 heteroatoms. The Labute approximate surface area is 193 Å². The molecule has 0 bridgehead atoms. The SMILES string of the molecule is O=C1C(=Cc2cc3oc(-c4ccc5ccccc5c4)cc3o2)C(=O)c2cc3ccccc3cc21. The molecule has 1 aliphatic carbocycles. The van der Waals surface area contributed by atoms with Gasteiger partial charge in [0.05, 0.1) is 5.57 Å². The molecular formula is C30H16O4. The van der Waals surface area contributed by atoms with Crippen LogP contribution in [0.25, 0.3) is 50.1 Å². The van der Waals surface area contributed by atoms with Gasteiger partial charge in [0.15, 0.2) is 22.7 Å². The topological polar surface area (TPSA) is 60.4 Å². The van der Waals surface area contributed by atoms with E-state index in [1.54, 1.807) is 18.2 Å². The van der Waals surface area contributed by atoms with E-state index in [4.69, 9.17) is 8.83 Å².